The molecule has 0 aliphatic heterocycles. The third kappa shape index (κ3) is 4.22. The van der Waals surface area contributed by atoms with Gasteiger partial charge in [-0.05, 0) is 0 Å². The number of hydrogen-bond donors (Lipinski definition) is 0. The van der Waals surface area contributed by atoms with Gasteiger partial charge in [-0.2, -0.15) is 0 Å². The summed E-state index contributed by atoms with van der Waals surface area (Å²) >= 11 is 1.76. The summed E-state index contributed by atoms with van der Waals surface area (Å²) in [5.74, 6) is -0.0191. The van der Waals surface area contributed by atoms with Gasteiger partial charge in [-0.1, -0.05) is 0 Å². The van der Waals surface area contributed by atoms with E-state index >= 15 is 0 Å². The molecule has 0 amide bonds. The molecule has 0 N–H and O–H groups in total. The number of carbonyl (C=O) groups is 2. The van der Waals surface area contributed by atoms with E-state index in [-0.39, 0.29) is 18.0 Å². The molecular weight excluding hydrogens is 140 g/mol. The Kier molecular flexibility index (Phi) is 4.01. The van der Waals surface area contributed by atoms with Crippen molar-refractivity contribution in [3.8, 4) is 0 Å². The van der Waals surface area contributed by atoms with Crippen molar-refractivity contribution in [1.29, 1.82) is 0 Å². The van der Waals surface area contributed by atoms with E-state index in [2.05, 4.69) is 0 Å². The summed E-state index contributed by atoms with van der Waals surface area (Å²) in [6, 6.07) is 0. The van der Waals surface area contributed by atoms with Gasteiger partial charge in [0, 0.05) is 0 Å². The van der Waals surface area contributed by atoms with E-state index < -0.39 is 0 Å². The standard InChI is InChI=1S/C5H7O2.Ti/c1-4(6)3-5(2)7;/h1,3H2,2H3;/q;+3. The Morgan fingerprint density at radius 3 is 2.12 bits per heavy atom. The first kappa shape index (κ1) is 8.05. The Morgan fingerprint density at radius 1 is 1.50 bits per heavy atom. The molecular formula is C5H7O2Ti+3. The molecule has 3 heteroatoms. The first-order valence-corrected chi connectivity index (χ1v) is 3.43. The first-order valence-electron chi connectivity index (χ1n) is 2.32. The Balaban J connectivity index is 3.40. The summed E-state index contributed by atoms with van der Waals surface area (Å²) in [4.78, 5) is 20.6. The SMILES string of the molecule is CC(=O)CC(=O)[CH2][Ti+3]. The monoisotopic (exact) mass is 147 g/mol. The van der Waals surface area contributed by atoms with E-state index in [1.165, 1.54) is 6.92 Å². The fourth-order valence-corrected chi connectivity index (χ4v) is 0.535. The summed E-state index contributed by atoms with van der Waals surface area (Å²) in [5.41, 5.74) is 0. The second kappa shape index (κ2) is 3.99. The van der Waals surface area contributed by atoms with Gasteiger partial charge in [0.05, 0.1) is 0 Å². The van der Waals surface area contributed by atoms with Crippen molar-refractivity contribution in [3.05, 3.63) is 0 Å². The molecule has 0 radical (unpaired) electrons. The summed E-state index contributed by atoms with van der Waals surface area (Å²) in [6.45, 7) is 1.42. The maximum atomic E-state index is 10.4. The van der Waals surface area contributed by atoms with Crippen molar-refractivity contribution >= 4 is 11.6 Å². The van der Waals surface area contributed by atoms with Crippen molar-refractivity contribution in [2.75, 3.05) is 0 Å². The molecule has 0 saturated carbocycles. The van der Waals surface area contributed by atoms with Gasteiger partial charge in [-0.15, -0.1) is 0 Å². The summed E-state index contributed by atoms with van der Waals surface area (Å²) < 4.78 is 0.472. The quantitative estimate of drug-likeness (QED) is 0.430. The molecule has 8 heavy (non-hydrogen) atoms. The van der Waals surface area contributed by atoms with Crippen LogP contribution >= 0.6 is 0 Å². The first-order chi connectivity index (χ1) is 3.66. The minimum absolute atomic E-state index is 0.0255. The van der Waals surface area contributed by atoms with E-state index in [0.717, 1.165) is 0 Å². The zero-order valence-electron chi connectivity index (χ0n) is 4.73. The van der Waals surface area contributed by atoms with Crippen molar-refractivity contribution < 1.29 is 30.0 Å². The molecule has 0 unspecified atom stereocenters. The van der Waals surface area contributed by atoms with Crippen LogP contribution in [0.1, 0.15) is 13.3 Å². The Morgan fingerprint density at radius 2 is 2.00 bits per heavy atom. The summed E-state index contributed by atoms with van der Waals surface area (Å²) in [7, 11) is 0. The van der Waals surface area contributed by atoms with Crippen LogP contribution in [0.3, 0.4) is 0 Å². The molecule has 0 heterocycles. The normalized spacial score (nSPS) is 8.88. The molecule has 0 fully saturated rings. The van der Waals surface area contributed by atoms with Crippen molar-refractivity contribution in [2.24, 2.45) is 0 Å². The van der Waals surface area contributed by atoms with Gasteiger partial charge in [0.2, 0.25) is 0 Å². The number of ketones is 2. The van der Waals surface area contributed by atoms with Gasteiger partial charge in [0.15, 0.2) is 0 Å². The van der Waals surface area contributed by atoms with Crippen LogP contribution < -0.4 is 0 Å². The molecule has 0 bridgehead atoms. The third-order valence-electron chi connectivity index (χ3n) is 0.643. The second-order valence-corrected chi connectivity index (χ2v) is 2.15. The molecule has 0 aromatic heterocycles. The molecule has 0 saturated heterocycles. The predicted octanol–water partition coefficient (Wildman–Crippen LogP) is 0.500. The van der Waals surface area contributed by atoms with E-state index in [1.807, 2.05) is 0 Å². The fraction of sp³-hybridized carbons (Fsp3) is 0.600. The molecule has 0 aliphatic carbocycles. The molecule has 0 aliphatic rings. The minimum atomic E-state index is -0.0446. The fourth-order valence-electron chi connectivity index (χ4n) is 0.340. The van der Waals surface area contributed by atoms with Gasteiger partial charge >= 0.3 is 59.7 Å². The Bertz CT molecular complexity index is 109. The van der Waals surface area contributed by atoms with E-state index in [9.17, 15) is 9.59 Å². The zero-order valence-corrected chi connectivity index (χ0v) is 6.29. The topological polar surface area (TPSA) is 34.1 Å². The van der Waals surface area contributed by atoms with Gasteiger partial charge in [0.25, 0.3) is 0 Å². The molecule has 0 aromatic rings. The summed E-state index contributed by atoms with van der Waals surface area (Å²) in [6.07, 6.45) is 0.108. The predicted molar refractivity (Wildman–Crippen MR) is 25.1 cm³/mol. The van der Waals surface area contributed by atoms with Crippen molar-refractivity contribution in [2.45, 2.75) is 18.1 Å². The van der Waals surface area contributed by atoms with Crippen LogP contribution in [-0.2, 0) is 30.0 Å². The van der Waals surface area contributed by atoms with Crippen LogP contribution in [0, 0.1) is 0 Å². The van der Waals surface area contributed by atoms with Gasteiger partial charge < -0.3 is 0 Å². The van der Waals surface area contributed by atoms with E-state index in [0.29, 0.717) is 4.73 Å². The number of Topliss-reactive ketones (excluding diaryl/α,β-unsaturated/α-hetero) is 2. The van der Waals surface area contributed by atoms with Crippen molar-refractivity contribution in [3.63, 3.8) is 0 Å². The Labute approximate surface area is 60.0 Å². The van der Waals surface area contributed by atoms with E-state index in [1.54, 1.807) is 20.4 Å². The van der Waals surface area contributed by atoms with Crippen LogP contribution in [0.2, 0.25) is 4.73 Å². The van der Waals surface area contributed by atoms with Crippen molar-refractivity contribution in [1.82, 2.24) is 0 Å². The maximum absolute atomic E-state index is 10.4. The molecule has 0 spiro atoms. The Hall–Kier alpha value is 0.0543. The average molecular weight is 147 g/mol. The van der Waals surface area contributed by atoms with Crippen LogP contribution in [0.5, 0.6) is 0 Å². The molecule has 0 atom stereocenters. The zero-order chi connectivity index (χ0) is 6.57. The van der Waals surface area contributed by atoms with Gasteiger partial charge in [-0.25, -0.2) is 0 Å². The van der Waals surface area contributed by atoms with Gasteiger partial charge in [-0.3, -0.25) is 0 Å². The molecule has 0 aromatic carbocycles. The number of carbonyl (C=O) groups excluding carboxylic acids is 2. The number of hydrogen-bond acceptors (Lipinski definition) is 2. The van der Waals surface area contributed by atoms with Crippen LogP contribution in [0.4, 0.5) is 0 Å². The van der Waals surface area contributed by atoms with E-state index in [4.69, 9.17) is 0 Å². The van der Waals surface area contributed by atoms with Crippen LogP contribution in [0.15, 0.2) is 0 Å². The van der Waals surface area contributed by atoms with Crippen LogP contribution in [0.25, 0.3) is 0 Å². The second-order valence-electron chi connectivity index (χ2n) is 1.59. The molecule has 0 rings (SSSR count). The third-order valence-corrected chi connectivity index (χ3v) is 1.26. The van der Waals surface area contributed by atoms with Crippen LogP contribution in [-0.4, -0.2) is 11.6 Å². The summed E-state index contributed by atoms with van der Waals surface area (Å²) in [5, 5.41) is 0. The van der Waals surface area contributed by atoms with Gasteiger partial charge in [0.1, 0.15) is 0 Å². The number of rotatable bonds is 3. The molecule has 40 valence electrons. The molecule has 2 nitrogen and oxygen atoms in total. The average Bonchev–Trinajstić information content (AvgIpc) is 1.65.